The maximum absolute atomic E-state index is 12.1. The van der Waals surface area contributed by atoms with E-state index in [0.29, 0.717) is 25.3 Å². The van der Waals surface area contributed by atoms with Crippen LogP contribution in [-0.4, -0.2) is 56.9 Å². The summed E-state index contributed by atoms with van der Waals surface area (Å²) in [6, 6.07) is 0. The molecule has 0 spiro atoms. The largest absolute Gasteiger partial charge is 0.471 e. The summed E-state index contributed by atoms with van der Waals surface area (Å²) in [4.78, 5) is 28.4. The van der Waals surface area contributed by atoms with E-state index in [1.165, 1.54) is 4.90 Å². The molecule has 2 heterocycles. The van der Waals surface area contributed by atoms with E-state index in [1.54, 1.807) is 26.1 Å². The highest BCUT2D eigenvalue weighted by molar-refractivity contribution is 5.81. The van der Waals surface area contributed by atoms with Gasteiger partial charge in [-0.1, -0.05) is 0 Å². The molecule has 0 aromatic carbocycles. The molecule has 2 N–H and O–H groups in total. The molecule has 2 amide bonds. The fourth-order valence-corrected chi connectivity index (χ4v) is 2.30. The van der Waals surface area contributed by atoms with Gasteiger partial charge in [0.2, 0.25) is 0 Å². The van der Waals surface area contributed by atoms with E-state index in [2.05, 4.69) is 15.2 Å². The molecule has 1 fully saturated rings. The summed E-state index contributed by atoms with van der Waals surface area (Å²) >= 11 is 0. The van der Waals surface area contributed by atoms with Crippen molar-refractivity contribution in [3.8, 4) is 0 Å². The summed E-state index contributed by atoms with van der Waals surface area (Å²) in [7, 11) is 0. The Morgan fingerprint density at radius 1 is 1.36 bits per heavy atom. The van der Waals surface area contributed by atoms with Crippen molar-refractivity contribution in [1.29, 1.82) is 0 Å². The van der Waals surface area contributed by atoms with E-state index in [1.807, 2.05) is 0 Å². The number of carbonyl (C=O) groups is 2. The summed E-state index contributed by atoms with van der Waals surface area (Å²) in [5.74, 6) is -1.68. The minimum absolute atomic E-state index is 0.114. The molecule has 11 heteroatoms. The molecule has 140 valence electrons. The van der Waals surface area contributed by atoms with Crippen molar-refractivity contribution >= 4 is 12.0 Å². The number of hydrogen-bond donors (Lipinski definition) is 2. The summed E-state index contributed by atoms with van der Waals surface area (Å²) in [5.41, 5.74) is -0.594. The number of aromatic amines is 1. The van der Waals surface area contributed by atoms with E-state index in [-0.39, 0.29) is 11.7 Å². The topological polar surface area (TPSA) is 100 Å². The van der Waals surface area contributed by atoms with Gasteiger partial charge in [-0.25, -0.2) is 9.78 Å². The van der Waals surface area contributed by atoms with Crippen LogP contribution in [0.4, 0.5) is 18.0 Å². The second-order valence-electron chi connectivity index (χ2n) is 6.73. The van der Waals surface area contributed by atoms with Gasteiger partial charge in [0.05, 0.1) is 6.54 Å². The summed E-state index contributed by atoms with van der Waals surface area (Å²) in [6.07, 6.45) is -4.75. The Bertz CT molecular complexity index is 638. The molecular formula is C14H20F3N5O3. The summed E-state index contributed by atoms with van der Waals surface area (Å²) in [5, 5.41) is 8.17. The molecule has 1 aromatic rings. The molecule has 8 nitrogen and oxygen atoms in total. The fraction of sp³-hybridized carbons (Fsp3) is 0.714. The molecule has 0 radical (unpaired) electrons. The third-order valence-electron chi connectivity index (χ3n) is 3.43. The molecule has 1 aliphatic rings. The van der Waals surface area contributed by atoms with Gasteiger partial charge in [0.1, 0.15) is 11.4 Å². The van der Waals surface area contributed by atoms with Gasteiger partial charge in [0.25, 0.3) is 0 Å². The molecule has 2 rings (SSSR count). The van der Waals surface area contributed by atoms with Crippen LogP contribution in [0.2, 0.25) is 0 Å². The van der Waals surface area contributed by atoms with Gasteiger partial charge in [0.15, 0.2) is 5.82 Å². The number of H-pyrrole nitrogens is 1. The van der Waals surface area contributed by atoms with Gasteiger partial charge < -0.3 is 15.0 Å². The Hall–Kier alpha value is -2.33. The third kappa shape index (κ3) is 5.33. The van der Waals surface area contributed by atoms with Gasteiger partial charge >= 0.3 is 18.2 Å². The van der Waals surface area contributed by atoms with Gasteiger partial charge in [-0.05, 0) is 27.2 Å². The van der Waals surface area contributed by atoms with Crippen LogP contribution in [-0.2, 0) is 16.1 Å². The number of amides is 2. The number of hydrogen-bond acceptors (Lipinski definition) is 5. The van der Waals surface area contributed by atoms with Crippen molar-refractivity contribution in [3.63, 3.8) is 0 Å². The maximum Gasteiger partial charge on any atom is 0.471 e. The van der Waals surface area contributed by atoms with Crippen LogP contribution >= 0.6 is 0 Å². The third-order valence-corrected chi connectivity index (χ3v) is 3.43. The van der Waals surface area contributed by atoms with Crippen molar-refractivity contribution in [2.24, 2.45) is 0 Å². The van der Waals surface area contributed by atoms with Crippen LogP contribution in [0, 0.1) is 0 Å². The zero-order valence-electron chi connectivity index (χ0n) is 14.1. The van der Waals surface area contributed by atoms with Crippen LogP contribution < -0.4 is 5.32 Å². The molecule has 0 saturated carbocycles. The lowest BCUT2D eigenvalue weighted by Crippen LogP contribution is -2.36. The lowest BCUT2D eigenvalue weighted by atomic mass is 10.1. The quantitative estimate of drug-likeness (QED) is 0.852. The van der Waals surface area contributed by atoms with Crippen molar-refractivity contribution in [2.45, 2.75) is 51.4 Å². The predicted octanol–water partition coefficient (Wildman–Crippen LogP) is 1.71. The van der Waals surface area contributed by atoms with Crippen molar-refractivity contribution in [2.75, 3.05) is 13.1 Å². The number of aromatic nitrogens is 3. The fourth-order valence-electron chi connectivity index (χ4n) is 2.30. The first-order valence-corrected chi connectivity index (χ1v) is 7.70. The Kier molecular flexibility index (Phi) is 5.23. The summed E-state index contributed by atoms with van der Waals surface area (Å²) < 4.78 is 41.7. The van der Waals surface area contributed by atoms with Crippen LogP contribution in [0.3, 0.4) is 0 Å². The number of carbonyl (C=O) groups excluding carboxylic acids is 2. The van der Waals surface area contributed by atoms with Crippen LogP contribution in [0.5, 0.6) is 0 Å². The normalized spacial score (nSPS) is 18.3. The van der Waals surface area contributed by atoms with Crippen molar-refractivity contribution < 1.29 is 27.5 Å². The van der Waals surface area contributed by atoms with E-state index >= 15 is 0 Å². The highest BCUT2D eigenvalue weighted by atomic mass is 19.4. The Labute approximate surface area is 142 Å². The first-order valence-electron chi connectivity index (χ1n) is 7.70. The average Bonchev–Trinajstić information content (AvgIpc) is 3.10. The lowest BCUT2D eigenvalue weighted by Gasteiger charge is -2.24. The molecular weight excluding hydrogens is 343 g/mol. The van der Waals surface area contributed by atoms with Crippen molar-refractivity contribution in [3.05, 3.63) is 11.6 Å². The Morgan fingerprint density at radius 3 is 2.64 bits per heavy atom. The van der Waals surface area contributed by atoms with E-state index in [4.69, 9.17) is 4.74 Å². The minimum Gasteiger partial charge on any atom is -0.444 e. The number of ether oxygens (including phenoxy) is 1. The van der Waals surface area contributed by atoms with Crippen LogP contribution in [0.1, 0.15) is 44.8 Å². The molecule has 0 aliphatic carbocycles. The number of likely N-dealkylation sites (tertiary alicyclic amines) is 1. The molecule has 1 aliphatic heterocycles. The zero-order chi connectivity index (χ0) is 18.8. The Balaban J connectivity index is 1.89. The molecule has 25 heavy (non-hydrogen) atoms. The zero-order valence-corrected chi connectivity index (χ0v) is 14.1. The number of halogens is 3. The van der Waals surface area contributed by atoms with Gasteiger partial charge in [-0.3, -0.25) is 9.89 Å². The molecule has 1 atom stereocenters. The highest BCUT2D eigenvalue weighted by Crippen LogP contribution is 2.26. The van der Waals surface area contributed by atoms with Crippen molar-refractivity contribution in [1.82, 2.24) is 25.4 Å². The SMILES string of the molecule is CC(C)(C)OC(=O)N1CC[C@H](c2n[nH]c(CNC(=O)C(F)(F)F)n2)C1. The number of rotatable bonds is 3. The predicted molar refractivity (Wildman–Crippen MR) is 79.4 cm³/mol. The Morgan fingerprint density at radius 2 is 2.04 bits per heavy atom. The number of nitrogens with one attached hydrogen (secondary N) is 2. The first-order chi connectivity index (χ1) is 11.5. The molecule has 0 unspecified atom stereocenters. The molecule has 1 saturated heterocycles. The highest BCUT2D eigenvalue weighted by Gasteiger charge is 2.38. The van der Waals surface area contributed by atoms with Crippen LogP contribution in [0.25, 0.3) is 0 Å². The minimum atomic E-state index is -4.94. The van der Waals surface area contributed by atoms with Gasteiger partial charge in [-0.15, -0.1) is 0 Å². The monoisotopic (exact) mass is 363 g/mol. The number of nitrogens with zero attached hydrogens (tertiary/aromatic N) is 3. The molecule has 0 bridgehead atoms. The average molecular weight is 363 g/mol. The second kappa shape index (κ2) is 6.89. The maximum atomic E-state index is 12.1. The smallest absolute Gasteiger partial charge is 0.444 e. The number of alkyl halides is 3. The molecule has 1 aromatic heterocycles. The van der Waals surface area contributed by atoms with Gasteiger partial charge in [0, 0.05) is 19.0 Å². The van der Waals surface area contributed by atoms with Crippen LogP contribution in [0.15, 0.2) is 0 Å². The standard InChI is InChI=1S/C14H20F3N5O3/c1-13(2,3)25-12(24)22-5-4-8(7-22)10-19-9(20-21-10)6-18-11(23)14(15,16)17/h8H,4-7H2,1-3H3,(H,18,23)(H,19,20,21)/t8-/m0/s1. The van der Waals surface area contributed by atoms with Gasteiger partial charge in [-0.2, -0.15) is 18.3 Å². The van der Waals surface area contributed by atoms with E-state index in [9.17, 15) is 22.8 Å². The first kappa shape index (κ1) is 19.0. The summed E-state index contributed by atoms with van der Waals surface area (Å²) in [6.45, 7) is 5.75. The lowest BCUT2D eigenvalue weighted by molar-refractivity contribution is -0.173. The second-order valence-corrected chi connectivity index (χ2v) is 6.73. The van der Waals surface area contributed by atoms with E-state index < -0.39 is 30.3 Å². The van der Waals surface area contributed by atoms with E-state index in [0.717, 1.165) is 0 Å².